The number of carbonyl (C=O) groups excluding carboxylic acids is 1. The predicted octanol–water partition coefficient (Wildman–Crippen LogP) is 3.37. The molecule has 0 amide bonds. The quantitative estimate of drug-likeness (QED) is 0.632. The number of hydrogen-bond donors (Lipinski definition) is 0. The van der Waals surface area contributed by atoms with Crippen molar-refractivity contribution in [1.29, 1.82) is 0 Å². The Morgan fingerprint density at radius 2 is 2.36 bits per heavy atom. The van der Waals surface area contributed by atoms with E-state index in [0.29, 0.717) is 10.8 Å². The second-order valence-corrected chi connectivity index (χ2v) is 4.75. The molecule has 0 saturated carbocycles. The van der Waals surface area contributed by atoms with Gasteiger partial charge in [0.15, 0.2) is 0 Å². The molecule has 0 atom stereocenters. The Bertz CT molecular complexity index is 344. The summed E-state index contributed by atoms with van der Waals surface area (Å²) in [6.45, 7) is 0. The summed E-state index contributed by atoms with van der Waals surface area (Å²) < 4.78 is 5.42. The fraction of sp³-hybridized carbons (Fsp3) is 0.222. The predicted molar refractivity (Wildman–Crippen MR) is 61.9 cm³/mol. The van der Waals surface area contributed by atoms with Crippen molar-refractivity contribution in [1.82, 2.24) is 0 Å². The minimum atomic E-state index is -0.239. The molecule has 0 aliphatic carbocycles. The summed E-state index contributed by atoms with van der Waals surface area (Å²) in [7, 11) is 1.37. The molecule has 0 N–H and O–H groups in total. The van der Waals surface area contributed by atoms with Gasteiger partial charge in [-0.3, -0.25) is 4.79 Å². The monoisotopic (exact) mass is 294 g/mol. The second-order valence-electron chi connectivity index (χ2n) is 2.44. The molecule has 1 aromatic rings. The van der Waals surface area contributed by atoms with Gasteiger partial charge in [0.2, 0.25) is 0 Å². The average molecular weight is 296 g/mol. The Labute approximate surface area is 100 Å². The number of methoxy groups -OCH3 is 1. The van der Waals surface area contributed by atoms with Crippen LogP contribution in [-0.2, 0) is 9.53 Å². The number of carbonyl (C=O) groups is 1. The first-order valence-corrected chi connectivity index (χ1v) is 5.94. The van der Waals surface area contributed by atoms with Crippen molar-refractivity contribution >= 4 is 45.3 Å². The lowest BCUT2D eigenvalue weighted by Gasteiger charge is -2.03. The van der Waals surface area contributed by atoms with Crippen molar-refractivity contribution in [2.45, 2.75) is 4.90 Å². The van der Waals surface area contributed by atoms with Crippen LogP contribution in [0.15, 0.2) is 27.6 Å². The highest BCUT2D eigenvalue weighted by molar-refractivity contribution is 9.10. The molecule has 0 saturated heterocycles. The van der Waals surface area contributed by atoms with E-state index in [9.17, 15) is 4.79 Å². The van der Waals surface area contributed by atoms with E-state index >= 15 is 0 Å². The molecule has 5 heteroatoms. The summed E-state index contributed by atoms with van der Waals surface area (Å²) in [6, 6.07) is 5.44. The van der Waals surface area contributed by atoms with Gasteiger partial charge >= 0.3 is 5.97 Å². The molecule has 0 radical (unpaired) electrons. The molecule has 76 valence electrons. The van der Waals surface area contributed by atoms with E-state index in [1.807, 2.05) is 6.07 Å². The van der Waals surface area contributed by atoms with Crippen molar-refractivity contribution in [3.63, 3.8) is 0 Å². The van der Waals surface area contributed by atoms with Crippen LogP contribution in [0.1, 0.15) is 0 Å². The first kappa shape index (κ1) is 11.9. The molecule has 14 heavy (non-hydrogen) atoms. The summed E-state index contributed by atoms with van der Waals surface area (Å²) in [6.07, 6.45) is 0. The minimum Gasteiger partial charge on any atom is -0.468 e. The Kier molecular flexibility index (Phi) is 4.78. The molecule has 2 nitrogen and oxygen atoms in total. The van der Waals surface area contributed by atoms with Crippen LogP contribution >= 0.6 is 39.3 Å². The van der Waals surface area contributed by atoms with Gasteiger partial charge in [0.25, 0.3) is 0 Å². The molecular weight excluding hydrogens is 288 g/mol. The van der Waals surface area contributed by atoms with Gasteiger partial charge in [-0.2, -0.15) is 0 Å². The van der Waals surface area contributed by atoms with E-state index in [2.05, 4.69) is 20.7 Å². The highest BCUT2D eigenvalue weighted by Gasteiger charge is 2.05. The Hall–Kier alpha value is -0.190. The first-order chi connectivity index (χ1) is 6.63. The fourth-order valence-electron chi connectivity index (χ4n) is 0.788. The largest absolute Gasteiger partial charge is 0.468 e. The van der Waals surface area contributed by atoms with E-state index in [1.54, 1.807) is 12.1 Å². The van der Waals surface area contributed by atoms with Gasteiger partial charge in [-0.15, -0.1) is 11.8 Å². The molecule has 0 spiro atoms. The molecule has 0 aliphatic rings. The Morgan fingerprint density at radius 1 is 1.64 bits per heavy atom. The zero-order valence-corrected chi connectivity index (χ0v) is 10.6. The number of rotatable bonds is 3. The smallest absolute Gasteiger partial charge is 0.315 e. The van der Waals surface area contributed by atoms with E-state index in [4.69, 9.17) is 11.6 Å². The lowest BCUT2D eigenvalue weighted by Crippen LogP contribution is -2.02. The van der Waals surface area contributed by atoms with Gasteiger partial charge in [-0.25, -0.2) is 0 Å². The van der Waals surface area contributed by atoms with Crippen LogP contribution < -0.4 is 0 Å². The normalized spacial score (nSPS) is 9.93. The molecule has 0 unspecified atom stereocenters. The molecule has 0 bridgehead atoms. The number of thioether (sulfide) groups is 1. The van der Waals surface area contributed by atoms with Gasteiger partial charge in [0, 0.05) is 14.4 Å². The third kappa shape index (κ3) is 3.52. The Balaban J connectivity index is 2.63. The summed E-state index contributed by atoms with van der Waals surface area (Å²) >= 11 is 10.5. The number of halogens is 2. The molecule has 0 aromatic heterocycles. The van der Waals surface area contributed by atoms with Gasteiger partial charge in [0.05, 0.1) is 12.9 Å². The SMILES string of the molecule is COC(=O)CSc1ccc(Cl)cc1Br. The average Bonchev–Trinajstić information content (AvgIpc) is 2.16. The molecular formula is C9H8BrClO2S. The van der Waals surface area contributed by atoms with E-state index in [-0.39, 0.29) is 5.97 Å². The molecule has 0 fully saturated rings. The number of esters is 1. The highest BCUT2D eigenvalue weighted by atomic mass is 79.9. The summed E-state index contributed by atoms with van der Waals surface area (Å²) in [4.78, 5) is 11.9. The maximum absolute atomic E-state index is 10.9. The molecule has 1 aromatic carbocycles. The number of ether oxygens (including phenoxy) is 1. The second kappa shape index (κ2) is 5.63. The van der Waals surface area contributed by atoms with Crippen LogP contribution in [0.3, 0.4) is 0 Å². The maximum Gasteiger partial charge on any atom is 0.315 e. The van der Waals surface area contributed by atoms with E-state index < -0.39 is 0 Å². The van der Waals surface area contributed by atoms with Crippen molar-refractivity contribution < 1.29 is 9.53 Å². The van der Waals surface area contributed by atoms with Crippen LogP contribution in [0.2, 0.25) is 5.02 Å². The van der Waals surface area contributed by atoms with Crippen LogP contribution in [-0.4, -0.2) is 18.8 Å². The fourth-order valence-corrected chi connectivity index (χ4v) is 2.57. The van der Waals surface area contributed by atoms with E-state index in [1.165, 1.54) is 18.9 Å². The van der Waals surface area contributed by atoms with Crippen LogP contribution in [0.25, 0.3) is 0 Å². The van der Waals surface area contributed by atoms with Crippen LogP contribution in [0.5, 0.6) is 0 Å². The summed E-state index contributed by atoms with van der Waals surface area (Å²) in [5.41, 5.74) is 0. The van der Waals surface area contributed by atoms with Gasteiger partial charge in [0.1, 0.15) is 0 Å². The first-order valence-electron chi connectivity index (χ1n) is 3.78. The van der Waals surface area contributed by atoms with Crippen molar-refractivity contribution in [2.75, 3.05) is 12.9 Å². The lowest BCUT2D eigenvalue weighted by atomic mass is 10.4. The van der Waals surface area contributed by atoms with Crippen molar-refractivity contribution in [3.8, 4) is 0 Å². The highest BCUT2D eigenvalue weighted by Crippen LogP contribution is 2.29. The van der Waals surface area contributed by atoms with Crippen LogP contribution in [0, 0.1) is 0 Å². The molecule has 0 heterocycles. The number of hydrogen-bond acceptors (Lipinski definition) is 3. The van der Waals surface area contributed by atoms with E-state index in [0.717, 1.165) is 9.37 Å². The zero-order chi connectivity index (χ0) is 10.6. The third-order valence-electron chi connectivity index (χ3n) is 1.47. The molecule has 0 aliphatic heterocycles. The van der Waals surface area contributed by atoms with Crippen molar-refractivity contribution in [2.24, 2.45) is 0 Å². The lowest BCUT2D eigenvalue weighted by molar-refractivity contribution is -0.137. The standard InChI is InChI=1S/C9H8BrClO2S/c1-13-9(12)5-14-8-3-2-6(11)4-7(8)10/h2-4H,5H2,1H3. The third-order valence-corrected chi connectivity index (χ3v) is 3.67. The summed E-state index contributed by atoms with van der Waals surface area (Å²) in [5.74, 6) is 0.0633. The van der Waals surface area contributed by atoms with Gasteiger partial charge in [-0.05, 0) is 34.1 Å². The molecule has 1 rings (SSSR count). The van der Waals surface area contributed by atoms with Gasteiger partial charge < -0.3 is 4.74 Å². The topological polar surface area (TPSA) is 26.3 Å². The minimum absolute atomic E-state index is 0.239. The number of benzene rings is 1. The van der Waals surface area contributed by atoms with Crippen LogP contribution in [0.4, 0.5) is 0 Å². The van der Waals surface area contributed by atoms with Crippen molar-refractivity contribution in [3.05, 3.63) is 27.7 Å². The maximum atomic E-state index is 10.9. The Morgan fingerprint density at radius 3 is 2.93 bits per heavy atom. The summed E-state index contributed by atoms with van der Waals surface area (Å²) in [5, 5.41) is 0.666. The zero-order valence-electron chi connectivity index (χ0n) is 7.42. The van der Waals surface area contributed by atoms with Gasteiger partial charge in [-0.1, -0.05) is 11.6 Å².